The van der Waals surface area contributed by atoms with Gasteiger partial charge in [-0.25, -0.2) is 9.48 Å². The lowest BCUT2D eigenvalue weighted by atomic mass is 10.2. The Hall–Kier alpha value is -1.52. The summed E-state index contributed by atoms with van der Waals surface area (Å²) in [6, 6.07) is 0.311. The van der Waals surface area contributed by atoms with E-state index in [1.54, 1.807) is 4.68 Å². The Kier molecular flexibility index (Phi) is 1.94. The third kappa shape index (κ3) is 1.16. The molecule has 0 fully saturated rings. The van der Waals surface area contributed by atoms with Crippen LogP contribution < -0.4 is 4.90 Å². The maximum Gasteiger partial charge on any atom is 0.341 e. The van der Waals surface area contributed by atoms with Crippen LogP contribution in [0.15, 0.2) is 6.20 Å². The quantitative estimate of drug-likeness (QED) is 0.758. The second-order valence-electron chi connectivity index (χ2n) is 3.70. The summed E-state index contributed by atoms with van der Waals surface area (Å²) in [5, 5.41) is 13.0. The summed E-state index contributed by atoms with van der Waals surface area (Å²) in [6.45, 7) is 5.73. The van der Waals surface area contributed by atoms with Crippen LogP contribution in [0.5, 0.6) is 0 Å². The lowest BCUT2D eigenvalue weighted by molar-refractivity contribution is 0.0697. The highest BCUT2D eigenvalue weighted by molar-refractivity contribution is 5.93. The fourth-order valence-corrected chi connectivity index (χ4v) is 1.81. The van der Waals surface area contributed by atoms with Gasteiger partial charge in [0.1, 0.15) is 11.4 Å². The number of hydrogen-bond donors (Lipinski definition) is 1. The molecule has 0 amide bonds. The molecule has 5 heteroatoms. The van der Waals surface area contributed by atoms with Gasteiger partial charge in [-0.1, -0.05) is 0 Å². The third-order valence-corrected chi connectivity index (χ3v) is 2.49. The van der Waals surface area contributed by atoms with Gasteiger partial charge in [0.05, 0.1) is 12.7 Å². The van der Waals surface area contributed by atoms with Gasteiger partial charge in [-0.2, -0.15) is 5.10 Å². The van der Waals surface area contributed by atoms with Crippen LogP contribution >= 0.6 is 0 Å². The predicted molar refractivity (Wildman–Crippen MR) is 51.7 cm³/mol. The van der Waals surface area contributed by atoms with E-state index in [1.165, 1.54) is 6.20 Å². The van der Waals surface area contributed by atoms with Gasteiger partial charge in [0.2, 0.25) is 0 Å². The van der Waals surface area contributed by atoms with Crippen molar-refractivity contribution in [2.45, 2.75) is 26.4 Å². The third-order valence-electron chi connectivity index (χ3n) is 2.49. The monoisotopic (exact) mass is 195 g/mol. The highest BCUT2D eigenvalue weighted by atomic mass is 16.4. The number of carboxylic acid groups (broad SMARTS) is 1. The molecule has 1 aliphatic rings. The van der Waals surface area contributed by atoms with Gasteiger partial charge in [-0.05, 0) is 13.8 Å². The van der Waals surface area contributed by atoms with Crippen molar-refractivity contribution in [3.63, 3.8) is 0 Å². The molecule has 0 radical (unpaired) electrons. The Morgan fingerprint density at radius 2 is 2.29 bits per heavy atom. The molecule has 1 aliphatic heterocycles. The number of nitrogens with zero attached hydrogens (tertiary/aromatic N) is 3. The molecule has 1 N–H and O–H groups in total. The van der Waals surface area contributed by atoms with Crippen LogP contribution in [0.1, 0.15) is 24.2 Å². The van der Waals surface area contributed by atoms with E-state index in [2.05, 4.69) is 10.00 Å². The highest BCUT2D eigenvalue weighted by Crippen LogP contribution is 2.27. The highest BCUT2D eigenvalue weighted by Gasteiger charge is 2.28. The maximum atomic E-state index is 10.9. The number of carbonyl (C=O) groups is 1. The first-order valence-corrected chi connectivity index (χ1v) is 4.67. The number of aromatic carboxylic acids is 1. The molecular formula is C9H13N3O2. The molecule has 0 aliphatic carbocycles. The largest absolute Gasteiger partial charge is 0.477 e. The molecule has 2 heterocycles. The van der Waals surface area contributed by atoms with Crippen molar-refractivity contribution in [1.82, 2.24) is 9.78 Å². The van der Waals surface area contributed by atoms with E-state index in [-0.39, 0.29) is 0 Å². The average Bonchev–Trinajstić information content (AvgIpc) is 2.59. The van der Waals surface area contributed by atoms with Gasteiger partial charge in [0.25, 0.3) is 0 Å². The first-order valence-electron chi connectivity index (χ1n) is 4.67. The molecule has 0 saturated carbocycles. The van der Waals surface area contributed by atoms with E-state index in [1.807, 2.05) is 13.8 Å². The molecule has 0 spiro atoms. The number of carboxylic acids is 1. The minimum atomic E-state index is -0.904. The average molecular weight is 195 g/mol. The molecule has 0 bridgehead atoms. The van der Waals surface area contributed by atoms with Crippen molar-refractivity contribution in [1.29, 1.82) is 0 Å². The Balaban J connectivity index is 2.45. The Morgan fingerprint density at radius 3 is 2.86 bits per heavy atom. The summed E-state index contributed by atoms with van der Waals surface area (Å²) in [6.07, 6.45) is 1.42. The summed E-state index contributed by atoms with van der Waals surface area (Å²) in [4.78, 5) is 13.0. The number of fused-ring (bicyclic) bond motifs is 1. The van der Waals surface area contributed by atoms with Crippen LogP contribution in [0, 0.1) is 0 Å². The molecule has 0 atom stereocenters. The van der Waals surface area contributed by atoms with Crippen LogP contribution in [-0.4, -0.2) is 33.4 Å². The normalized spacial score (nSPS) is 14.9. The van der Waals surface area contributed by atoms with Gasteiger partial charge >= 0.3 is 5.97 Å². The van der Waals surface area contributed by atoms with Crippen LogP contribution in [0.2, 0.25) is 0 Å². The van der Waals surface area contributed by atoms with E-state index in [0.717, 1.165) is 18.9 Å². The molecule has 5 nitrogen and oxygen atoms in total. The summed E-state index contributed by atoms with van der Waals surface area (Å²) in [5.41, 5.74) is 0.302. The topological polar surface area (TPSA) is 58.4 Å². The van der Waals surface area contributed by atoms with Gasteiger partial charge in [0, 0.05) is 12.6 Å². The second kappa shape index (κ2) is 3.01. The summed E-state index contributed by atoms with van der Waals surface area (Å²) < 4.78 is 1.75. The van der Waals surface area contributed by atoms with Crippen molar-refractivity contribution in [3.05, 3.63) is 11.8 Å². The zero-order valence-electron chi connectivity index (χ0n) is 8.27. The number of anilines is 1. The van der Waals surface area contributed by atoms with Crippen LogP contribution in [0.3, 0.4) is 0 Å². The van der Waals surface area contributed by atoms with E-state index in [9.17, 15) is 4.79 Å². The maximum absolute atomic E-state index is 10.9. The molecule has 1 aromatic heterocycles. The lowest BCUT2D eigenvalue weighted by Gasteiger charge is -2.22. The van der Waals surface area contributed by atoms with Crippen molar-refractivity contribution in [3.8, 4) is 0 Å². The van der Waals surface area contributed by atoms with Crippen LogP contribution in [0.25, 0.3) is 0 Å². The first kappa shape index (κ1) is 9.05. The predicted octanol–water partition coefficient (Wildman–Crippen LogP) is 0.810. The summed E-state index contributed by atoms with van der Waals surface area (Å²) in [5.74, 6) is -0.161. The standard InChI is InChI=1S/C9H13N3O2/c1-6(2)11-3-4-12-8(11)7(5-10-12)9(13)14/h5-6H,3-4H2,1-2H3,(H,13,14). The fourth-order valence-electron chi connectivity index (χ4n) is 1.81. The summed E-state index contributed by atoms with van der Waals surface area (Å²) in [7, 11) is 0. The molecule has 14 heavy (non-hydrogen) atoms. The Bertz CT molecular complexity index is 370. The second-order valence-corrected chi connectivity index (χ2v) is 3.70. The smallest absolute Gasteiger partial charge is 0.341 e. The molecule has 76 valence electrons. The number of aromatic nitrogens is 2. The van der Waals surface area contributed by atoms with Crippen molar-refractivity contribution in [2.24, 2.45) is 0 Å². The molecule has 1 aromatic rings. The van der Waals surface area contributed by atoms with E-state index in [0.29, 0.717) is 11.6 Å². The molecule has 0 unspecified atom stereocenters. The summed E-state index contributed by atoms with van der Waals surface area (Å²) >= 11 is 0. The minimum Gasteiger partial charge on any atom is -0.477 e. The SMILES string of the molecule is CC(C)N1CCn2ncc(C(=O)O)c21. The number of rotatable bonds is 2. The van der Waals surface area contributed by atoms with Crippen LogP contribution in [-0.2, 0) is 6.54 Å². The van der Waals surface area contributed by atoms with Crippen molar-refractivity contribution < 1.29 is 9.90 Å². The Labute approximate surface area is 81.9 Å². The van der Waals surface area contributed by atoms with Gasteiger partial charge in [0.15, 0.2) is 0 Å². The Morgan fingerprint density at radius 1 is 1.57 bits per heavy atom. The van der Waals surface area contributed by atoms with Crippen molar-refractivity contribution in [2.75, 3.05) is 11.4 Å². The molecule has 2 rings (SSSR count). The van der Waals surface area contributed by atoms with E-state index < -0.39 is 5.97 Å². The molecule has 0 aromatic carbocycles. The van der Waals surface area contributed by atoms with E-state index >= 15 is 0 Å². The van der Waals surface area contributed by atoms with Gasteiger partial charge in [-0.15, -0.1) is 0 Å². The van der Waals surface area contributed by atoms with Crippen LogP contribution in [0.4, 0.5) is 5.82 Å². The lowest BCUT2D eigenvalue weighted by Crippen LogP contribution is -2.29. The molecular weight excluding hydrogens is 182 g/mol. The zero-order chi connectivity index (χ0) is 10.3. The number of hydrogen-bond acceptors (Lipinski definition) is 3. The molecule has 0 saturated heterocycles. The first-order chi connectivity index (χ1) is 6.61. The zero-order valence-corrected chi connectivity index (χ0v) is 8.27. The van der Waals surface area contributed by atoms with Crippen molar-refractivity contribution >= 4 is 11.8 Å². The van der Waals surface area contributed by atoms with Gasteiger partial charge < -0.3 is 10.0 Å². The minimum absolute atomic E-state index is 0.302. The van der Waals surface area contributed by atoms with Gasteiger partial charge in [-0.3, -0.25) is 0 Å². The van der Waals surface area contributed by atoms with E-state index in [4.69, 9.17) is 5.11 Å². The fraction of sp³-hybridized carbons (Fsp3) is 0.556.